The molecule has 1 atom stereocenters. The molecular formula is C14H25N3O3S. The molecule has 0 amide bonds. The molecule has 120 valence electrons. The molecule has 1 aromatic heterocycles. The third kappa shape index (κ3) is 3.85. The number of aryl methyl sites for hydroxylation is 1. The highest BCUT2D eigenvalue weighted by atomic mass is 32.2. The van der Waals surface area contributed by atoms with Gasteiger partial charge in [-0.05, 0) is 38.7 Å². The summed E-state index contributed by atoms with van der Waals surface area (Å²) in [5.74, 6) is 0.329. The summed E-state index contributed by atoms with van der Waals surface area (Å²) >= 11 is 0. The van der Waals surface area contributed by atoms with Crippen molar-refractivity contribution in [1.82, 2.24) is 9.29 Å². The average molecular weight is 315 g/mol. The van der Waals surface area contributed by atoms with Gasteiger partial charge in [0.1, 0.15) is 0 Å². The molecule has 1 unspecified atom stereocenters. The molecule has 1 aliphatic rings. The first-order valence-corrected chi connectivity index (χ1v) is 8.95. The molecular weight excluding hydrogens is 290 g/mol. The maximum atomic E-state index is 12.5. The average Bonchev–Trinajstić information content (AvgIpc) is 2.92. The first kappa shape index (κ1) is 16.5. The van der Waals surface area contributed by atoms with Gasteiger partial charge in [-0.15, -0.1) is 0 Å². The van der Waals surface area contributed by atoms with E-state index < -0.39 is 10.0 Å². The van der Waals surface area contributed by atoms with Crippen molar-refractivity contribution in [2.45, 2.75) is 50.7 Å². The quantitative estimate of drug-likeness (QED) is 0.822. The van der Waals surface area contributed by atoms with E-state index in [1.165, 1.54) is 0 Å². The molecule has 0 saturated carbocycles. The largest absolute Gasteiger partial charge is 0.381 e. The molecule has 1 aliphatic heterocycles. The van der Waals surface area contributed by atoms with Crippen LogP contribution in [0.4, 0.5) is 0 Å². The maximum Gasteiger partial charge on any atom is 0.242 e. The Morgan fingerprint density at radius 2 is 2.14 bits per heavy atom. The van der Waals surface area contributed by atoms with Crippen LogP contribution >= 0.6 is 0 Å². The molecule has 2 rings (SSSR count). The zero-order valence-electron chi connectivity index (χ0n) is 12.7. The van der Waals surface area contributed by atoms with Crippen molar-refractivity contribution < 1.29 is 13.2 Å². The fourth-order valence-corrected chi connectivity index (χ4v) is 4.14. The van der Waals surface area contributed by atoms with Gasteiger partial charge in [-0.3, -0.25) is 0 Å². The van der Waals surface area contributed by atoms with Gasteiger partial charge < -0.3 is 15.0 Å². The molecule has 2 heterocycles. The Morgan fingerprint density at radius 3 is 2.67 bits per heavy atom. The Balaban J connectivity index is 2.12. The van der Waals surface area contributed by atoms with Gasteiger partial charge in [0.25, 0.3) is 0 Å². The van der Waals surface area contributed by atoms with Crippen LogP contribution in [0, 0.1) is 5.92 Å². The van der Waals surface area contributed by atoms with Crippen molar-refractivity contribution >= 4 is 10.0 Å². The summed E-state index contributed by atoms with van der Waals surface area (Å²) in [7, 11) is -3.50. The number of aromatic nitrogens is 1. The van der Waals surface area contributed by atoms with E-state index >= 15 is 0 Å². The van der Waals surface area contributed by atoms with Gasteiger partial charge in [0.15, 0.2) is 0 Å². The summed E-state index contributed by atoms with van der Waals surface area (Å²) < 4.78 is 35.0. The Bertz CT molecular complexity index is 541. The van der Waals surface area contributed by atoms with Gasteiger partial charge in [0, 0.05) is 44.2 Å². The Labute approximate surface area is 126 Å². The highest BCUT2D eigenvalue weighted by Gasteiger charge is 2.26. The second-order valence-electron chi connectivity index (χ2n) is 5.52. The predicted molar refractivity (Wildman–Crippen MR) is 81.3 cm³/mol. The van der Waals surface area contributed by atoms with Crippen molar-refractivity contribution in [1.29, 1.82) is 0 Å². The Kier molecular flexibility index (Phi) is 5.43. The van der Waals surface area contributed by atoms with Gasteiger partial charge >= 0.3 is 0 Å². The molecule has 0 spiro atoms. The van der Waals surface area contributed by atoms with E-state index in [1.807, 2.05) is 18.4 Å². The summed E-state index contributed by atoms with van der Waals surface area (Å²) in [5, 5.41) is 0. The molecule has 3 N–H and O–H groups in total. The summed E-state index contributed by atoms with van der Waals surface area (Å²) in [6, 6.07) is 1.56. The van der Waals surface area contributed by atoms with Crippen LogP contribution in [0.3, 0.4) is 0 Å². The molecule has 1 aromatic rings. The fraction of sp³-hybridized carbons (Fsp3) is 0.714. The minimum Gasteiger partial charge on any atom is -0.381 e. The second kappa shape index (κ2) is 6.91. The second-order valence-corrected chi connectivity index (χ2v) is 7.23. The number of ether oxygens (including phenoxy) is 1. The van der Waals surface area contributed by atoms with Gasteiger partial charge in [0.05, 0.1) is 4.90 Å². The van der Waals surface area contributed by atoms with Gasteiger partial charge in [-0.2, -0.15) is 0 Å². The van der Waals surface area contributed by atoms with Gasteiger partial charge in [-0.25, -0.2) is 13.1 Å². The van der Waals surface area contributed by atoms with Crippen LogP contribution in [-0.2, 0) is 27.8 Å². The lowest BCUT2D eigenvalue weighted by Crippen LogP contribution is -2.40. The molecule has 6 nitrogen and oxygen atoms in total. The number of nitrogens with zero attached hydrogens (tertiary/aromatic N) is 1. The third-order valence-electron chi connectivity index (χ3n) is 4.14. The van der Waals surface area contributed by atoms with E-state index in [0.717, 1.165) is 18.5 Å². The minimum absolute atomic E-state index is 0.0924. The standard InChI is InChI=1S/C14H25N3O3S/c1-3-17-10-14(8-13(17)9-15)21(18,19)16-11(2)12-4-6-20-7-5-12/h8,10-12,16H,3-7,9,15H2,1-2H3. The number of hydrogen-bond donors (Lipinski definition) is 2. The number of rotatable bonds is 6. The zero-order valence-corrected chi connectivity index (χ0v) is 13.5. The van der Waals surface area contributed by atoms with Crippen molar-refractivity contribution in [2.75, 3.05) is 13.2 Å². The Morgan fingerprint density at radius 1 is 1.48 bits per heavy atom. The van der Waals surface area contributed by atoms with E-state index in [4.69, 9.17) is 10.5 Å². The number of nitrogens with one attached hydrogen (secondary N) is 1. The maximum absolute atomic E-state index is 12.5. The predicted octanol–water partition coefficient (Wildman–Crippen LogP) is 1.06. The van der Waals surface area contributed by atoms with E-state index in [1.54, 1.807) is 12.3 Å². The van der Waals surface area contributed by atoms with E-state index in [0.29, 0.717) is 37.1 Å². The van der Waals surface area contributed by atoms with Gasteiger partial charge in [0.2, 0.25) is 10.0 Å². The summed E-state index contributed by atoms with van der Waals surface area (Å²) in [6.45, 7) is 6.35. The van der Waals surface area contributed by atoms with Crippen LogP contribution in [0.2, 0.25) is 0 Å². The molecule has 1 saturated heterocycles. The first-order valence-electron chi connectivity index (χ1n) is 7.47. The lowest BCUT2D eigenvalue weighted by molar-refractivity contribution is 0.0585. The number of sulfonamides is 1. The van der Waals surface area contributed by atoms with Crippen molar-refractivity contribution in [3.63, 3.8) is 0 Å². The lowest BCUT2D eigenvalue weighted by Gasteiger charge is -2.28. The summed E-state index contributed by atoms with van der Waals surface area (Å²) in [4.78, 5) is 0.295. The van der Waals surface area contributed by atoms with Crippen LogP contribution in [0.25, 0.3) is 0 Å². The molecule has 0 radical (unpaired) electrons. The SMILES string of the molecule is CCn1cc(S(=O)(=O)NC(C)C2CCOCC2)cc1CN. The fourth-order valence-electron chi connectivity index (χ4n) is 2.76. The summed E-state index contributed by atoms with van der Waals surface area (Å²) in [6.07, 6.45) is 3.45. The van der Waals surface area contributed by atoms with Crippen molar-refractivity contribution in [2.24, 2.45) is 11.7 Å². The van der Waals surface area contributed by atoms with E-state index in [2.05, 4.69) is 4.72 Å². The molecule has 0 aromatic carbocycles. The zero-order chi connectivity index (χ0) is 15.5. The number of nitrogens with two attached hydrogens (primary N) is 1. The normalized spacial score (nSPS) is 18.8. The Hall–Kier alpha value is -0.890. The topological polar surface area (TPSA) is 86.3 Å². The van der Waals surface area contributed by atoms with Crippen LogP contribution in [0.1, 0.15) is 32.4 Å². The van der Waals surface area contributed by atoms with Crippen LogP contribution in [0.5, 0.6) is 0 Å². The van der Waals surface area contributed by atoms with Crippen LogP contribution in [-0.4, -0.2) is 32.2 Å². The lowest BCUT2D eigenvalue weighted by atomic mass is 9.94. The monoisotopic (exact) mass is 315 g/mol. The van der Waals surface area contributed by atoms with Crippen LogP contribution < -0.4 is 10.5 Å². The first-order chi connectivity index (χ1) is 9.97. The molecule has 0 bridgehead atoms. The molecule has 0 aliphatic carbocycles. The van der Waals surface area contributed by atoms with E-state index in [9.17, 15) is 8.42 Å². The third-order valence-corrected chi connectivity index (χ3v) is 5.66. The minimum atomic E-state index is -3.50. The summed E-state index contributed by atoms with van der Waals surface area (Å²) in [5.41, 5.74) is 6.48. The molecule has 7 heteroatoms. The van der Waals surface area contributed by atoms with E-state index in [-0.39, 0.29) is 6.04 Å². The highest BCUT2D eigenvalue weighted by molar-refractivity contribution is 7.89. The highest BCUT2D eigenvalue weighted by Crippen LogP contribution is 2.21. The van der Waals surface area contributed by atoms with Crippen LogP contribution in [0.15, 0.2) is 17.2 Å². The van der Waals surface area contributed by atoms with Gasteiger partial charge in [-0.1, -0.05) is 0 Å². The van der Waals surface area contributed by atoms with Crippen molar-refractivity contribution in [3.05, 3.63) is 18.0 Å². The van der Waals surface area contributed by atoms with Crippen molar-refractivity contribution in [3.8, 4) is 0 Å². The molecule has 1 fully saturated rings. The molecule has 21 heavy (non-hydrogen) atoms. The smallest absolute Gasteiger partial charge is 0.242 e. The number of hydrogen-bond acceptors (Lipinski definition) is 4.